The minimum Gasteiger partial charge on any atom is -0.495 e. The number of hydrogen-bond acceptors (Lipinski definition) is 5. The van der Waals surface area contributed by atoms with Crippen molar-refractivity contribution < 1.29 is 18.8 Å². The summed E-state index contributed by atoms with van der Waals surface area (Å²) in [5.74, 6) is 0.691. The first-order valence-corrected chi connectivity index (χ1v) is 9.78. The van der Waals surface area contributed by atoms with Gasteiger partial charge in [-0.05, 0) is 52.1 Å². The molecule has 4 rings (SSSR count). The number of ether oxygens (including phenoxy) is 2. The van der Waals surface area contributed by atoms with Crippen LogP contribution >= 0.6 is 0 Å². The molecule has 1 aliphatic carbocycles. The average Bonchev–Trinajstić information content (AvgIpc) is 2.83. The SMILES string of the molecule is COc1cn(C2CC(OC)C2)c(=O)c2cc(B3OC(C)(C)C(C)(C)O3)ccc12. The highest BCUT2D eigenvalue weighted by molar-refractivity contribution is 6.62. The molecule has 6 nitrogen and oxygen atoms in total. The number of nitrogens with zero attached hydrogens (tertiary/aromatic N) is 1. The first-order chi connectivity index (χ1) is 13.2. The summed E-state index contributed by atoms with van der Waals surface area (Å²) in [5, 5.41) is 1.42. The molecular weight excluding hydrogens is 357 g/mol. The van der Waals surface area contributed by atoms with Crippen molar-refractivity contribution in [3.8, 4) is 5.75 Å². The van der Waals surface area contributed by atoms with Gasteiger partial charge in [0, 0.05) is 18.5 Å². The second-order valence-corrected chi connectivity index (χ2v) is 8.79. The van der Waals surface area contributed by atoms with E-state index in [0.717, 1.165) is 23.7 Å². The van der Waals surface area contributed by atoms with Crippen LogP contribution in [0.3, 0.4) is 0 Å². The summed E-state index contributed by atoms with van der Waals surface area (Å²) in [6, 6.07) is 5.88. The van der Waals surface area contributed by atoms with Crippen molar-refractivity contribution in [3.05, 3.63) is 34.7 Å². The molecule has 1 saturated carbocycles. The van der Waals surface area contributed by atoms with Crippen molar-refractivity contribution in [2.45, 2.75) is 63.9 Å². The van der Waals surface area contributed by atoms with Gasteiger partial charge >= 0.3 is 7.12 Å². The molecule has 2 aliphatic rings. The Hall–Kier alpha value is -1.83. The molecule has 2 fully saturated rings. The van der Waals surface area contributed by atoms with E-state index in [4.69, 9.17) is 18.8 Å². The molecule has 150 valence electrons. The van der Waals surface area contributed by atoms with Crippen LogP contribution in [0.2, 0.25) is 0 Å². The van der Waals surface area contributed by atoms with Crippen LogP contribution in [-0.4, -0.2) is 43.2 Å². The molecule has 28 heavy (non-hydrogen) atoms. The fourth-order valence-electron chi connectivity index (χ4n) is 3.86. The largest absolute Gasteiger partial charge is 0.495 e. The zero-order valence-corrected chi connectivity index (χ0v) is 17.4. The lowest BCUT2D eigenvalue weighted by Gasteiger charge is -2.35. The van der Waals surface area contributed by atoms with Crippen LogP contribution in [0, 0.1) is 0 Å². The molecule has 7 heteroatoms. The molecule has 1 aromatic carbocycles. The number of methoxy groups -OCH3 is 2. The lowest BCUT2D eigenvalue weighted by Crippen LogP contribution is -2.41. The molecule has 0 amide bonds. The van der Waals surface area contributed by atoms with Gasteiger partial charge in [0.05, 0.1) is 36.0 Å². The molecular formula is C21H28BNO5. The highest BCUT2D eigenvalue weighted by atomic mass is 16.7. The topological polar surface area (TPSA) is 58.9 Å². The molecule has 1 aliphatic heterocycles. The van der Waals surface area contributed by atoms with E-state index in [0.29, 0.717) is 11.1 Å². The van der Waals surface area contributed by atoms with E-state index >= 15 is 0 Å². The molecule has 0 atom stereocenters. The van der Waals surface area contributed by atoms with Gasteiger partial charge in [0.1, 0.15) is 5.75 Å². The number of pyridine rings is 1. The van der Waals surface area contributed by atoms with Gasteiger partial charge < -0.3 is 23.3 Å². The third kappa shape index (κ3) is 2.96. The molecule has 0 unspecified atom stereocenters. The predicted octanol–water partition coefficient (Wildman–Crippen LogP) is 2.66. The van der Waals surface area contributed by atoms with E-state index in [1.165, 1.54) is 0 Å². The number of rotatable bonds is 4. The predicted molar refractivity (Wildman–Crippen MR) is 110 cm³/mol. The maximum absolute atomic E-state index is 13.2. The van der Waals surface area contributed by atoms with Crippen LogP contribution in [-0.2, 0) is 14.0 Å². The average molecular weight is 385 g/mol. The number of benzene rings is 1. The lowest BCUT2D eigenvalue weighted by atomic mass is 9.78. The van der Waals surface area contributed by atoms with E-state index in [1.807, 2.05) is 52.1 Å². The quantitative estimate of drug-likeness (QED) is 0.758. The van der Waals surface area contributed by atoms with Gasteiger partial charge in [-0.15, -0.1) is 0 Å². The normalized spacial score (nSPS) is 25.7. The summed E-state index contributed by atoms with van der Waals surface area (Å²) in [4.78, 5) is 13.2. The second-order valence-electron chi connectivity index (χ2n) is 8.79. The Bertz CT molecular complexity index is 945. The Balaban J connectivity index is 1.76. The van der Waals surface area contributed by atoms with Gasteiger partial charge in [-0.1, -0.05) is 12.1 Å². The van der Waals surface area contributed by atoms with Gasteiger partial charge in [0.15, 0.2) is 0 Å². The standard InChI is InChI=1S/C21H28BNO5/c1-20(2)21(3,4)28-22(27-20)13-7-8-16-17(9-13)19(24)23(12-18(16)26-6)14-10-15(11-14)25-5/h7-9,12,14-15H,10-11H2,1-6H3. The van der Waals surface area contributed by atoms with Gasteiger partial charge in [0.2, 0.25) is 0 Å². The maximum atomic E-state index is 13.2. The zero-order valence-electron chi connectivity index (χ0n) is 17.4. The molecule has 0 N–H and O–H groups in total. The van der Waals surface area contributed by atoms with Crippen LogP contribution in [0.15, 0.2) is 29.2 Å². The first kappa shape index (κ1) is 19.5. The summed E-state index contributed by atoms with van der Waals surface area (Å²) in [5.41, 5.74) is -0.0370. The third-order valence-electron chi connectivity index (χ3n) is 6.57. The van der Waals surface area contributed by atoms with Crippen molar-refractivity contribution in [2.24, 2.45) is 0 Å². The Morgan fingerprint density at radius 1 is 1.07 bits per heavy atom. The number of fused-ring (bicyclic) bond motifs is 1. The lowest BCUT2D eigenvalue weighted by molar-refractivity contribution is 0.00515. The van der Waals surface area contributed by atoms with Gasteiger partial charge in [-0.2, -0.15) is 0 Å². The maximum Gasteiger partial charge on any atom is 0.494 e. The van der Waals surface area contributed by atoms with E-state index in [2.05, 4.69) is 0 Å². The second kappa shape index (κ2) is 6.61. The van der Waals surface area contributed by atoms with Crippen molar-refractivity contribution in [3.63, 3.8) is 0 Å². The summed E-state index contributed by atoms with van der Waals surface area (Å²) < 4.78 is 25.0. The first-order valence-electron chi connectivity index (χ1n) is 9.78. The Morgan fingerprint density at radius 2 is 1.71 bits per heavy atom. The van der Waals surface area contributed by atoms with Crippen LogP contribution in [0.5, 0.6) is 5.75 Å². The molecule has 1 saturated heterocycles. The van der Waals surface area contributed by atoms with E-state index < -0.39 is 18.3 Å². The third-order valence-corrected chi connectivity index (χ3v) is 6.57. The van der Waals surface area contributed by atoms with E-state index in [9.17, 15) is 4.79 Å². The minimum atomic E-state index is -0.505. The van der Waals surface area contributed by atoms with E-state index in [-0.39, 0.29) is 17.7 Å². The highest BCUT2D eigenvalue weighted by Crippen LogP contribution is 2.37. The Kier molecular flexibility index (Phi) is 4.60. The molecule has 1 aromatic heterocycles. The minimum absolute atomic E-state index is 0.0197. The van der Waals surface area contributed by atoms with Crippen molar-refractivity contribution in [2.75, 3.05) is 14.2 Å². The van der Waals surface area contributed by atoms with E-state index in [1.54, 1.807) is 18.8 Å². The molecule has 0 radical (unpaired) electrons. The van der Waals surface area contributed by atoms with Gasteiger partial charge in [-0.25, -0.2) is 0 Å². The fourth-order valence-corrected chi connectivity index (χ4v) is 3.86. The van der Waals surface area contributed by atoms with Crippen molar-refractivity contribution >= 4 is 23.4 Å². The van der Waals surface area contributed by atoms with Crippen molar-refractivity contribution in [1.82, 2.24) is 4.57 Å². The fraction of sp³-hybridized carbons (Fsp3) is 0.571. The Labute approximate surface area is 165 Å². The monoisotopic (exact) mass is 385 g/mol. The number of aromatic nitrogens is 1. The zero-order chi connectivity index (χ0) is 20.3. The summed E-state index contributed by atoms with van der Waals surface area (Å²) in [6.07, 6.45) is 3.70. The molecule has 0 bridgehead atoms. The summed E-state index contributed by atoms with van der Waals surface area (Å²) in [7, 11) is 2.83. The van der Waals surface area contributed by atoms with Gasteiger partial charge in [0.25, 0.3) is 5.56 Å². The van der Waals surface area contributed by atoms with Gasteiger partial charge in [-0.3, -0.25) is 4.79 Å². The Morgan fingerprint density at radius 3 is 2.29 bits per heavy atom. The smallest absolute Gasteiger partial charge is 0.494 e. The van der Waals surface area contributed by atoms with Crippen LogP contribution < -0.4 is 15.8 Å². The molecule has 2 heterocycles. The summed E-state index contributed by atoms with van der Waals surface area (Å²) in [6.45, 7) is 8.08. The molecule has 2 aromatic rings. The van der Waals surface area contributed by atoms with Crippen LogP contribution in [0.1, 0.15) is 46.6 Å². The highest BCUT2D eigenvalue weighted by Gasteiger charge is 2.51. The van der Waals surface area contributed by atoms with Crippen LogP contribution in [0.25, 0.3) is 10.8 Å². The number of hydrogen-bond donors (Lipinski definition) is 0. The summed E-state index contributed by atoms with van der Waals surface area (Å²) >= 11 is 0. The van der Waals surface area contributed by atoms with Crippen LogP contribution in [0.4, 0.5) is 0 Å². The van der Waals surface area contributed by atoms with Crippen molar-refractivity contribution in [1.29, 1.82) is 0 Å². The molecule has 0 spiro atoms.